The van der Waals surface area contributed by atoms with Gasteiger partial charge in [0.05, 0.1) is 19.3 Å². The molecule has 2 atom stereocenters. The van der Waals surface area contributed by atoms with E-state index in [1.165, 1.54) is 6.20 Å². The van der Waals surface area contributed by atoms with E-state index >= 15 is 0 Å². The van der Waals surface area contributed by atoms with E-state index < -0.39 is 37.9 Å². The lowest BCUT2D eigenvalue weighted by Crippen LogP contribution is -2.34. The number of aromatic nitrogens is 2. The van der Waals surface area contributed by atoms with Gasteiger partial charge in [0.25, 0.3) is 5.56 Å². The Bertz CT molecular complexity index is 568. The largest absolute Gasteiger partial charge is 0.394 e. The van der Waals surface area contributed by atoms with Crippen LogP contribution in [0.5, 0.6) is 0 Å². The van der Waals surface area contributed by atoms with Gasteiger partial charge in [-0.2, -0.15) is 0 Å². The van der Waals surface area contributed by atoms with E-state index in [-0.39, 0.29) is 6.54 Å². The molecule has 11 heteroatoms. The summed E-state index contributed by atoms with van der Waals surface area (Å²) in [5.74, 6) is 4.58. The highest BCUT2D eigenvalue weighted by molar-refractivity contribution is 7.52. The fraction of sp³-hybridized carbons (Fsp3) is 0.500. The van der Waals surface area contributed by atoms with E-state index in [1.807, 2.05) is 4.98 Å². The van der Waals surface area contributed by atoms with Gasteiger partial charge in [0.1, 0.15) is 0 Å². The summed E-state index contributed by atoms with van der Waals surface area (Å²) in [6.07, 6.45) is -0.447. The average Bonchev–Trinajstić information content (AvgIpc) is 2.37. The predicted octanol–water partition coefficient (Wildman–Crippen LogP) is -2.05. The quantitative estimate of drug-likeness (QED) is 0.330. The predicted molar refractivity (Wildman–Crippen MR) is 63.2 cm³/mol. The van der Waals surface area contributed by atoms with E-state index in [2.05, 4.69) is 10.5 Å². The number of H-pyrrole nitrogens is 1. The molecule has 2 unspecified atom stereocenters. The summed E-state index contributed by atoms with van der Waals surface area (Å²) >= 11 is 0. The third-order valence-corrected chi connectivity index (χ3v) is 2.94. The molecular formula is C8H14N3O7P. The van der Waals surface area contributed by atoms with Crippen molar-refractivity contribution in [1.29, 1.82) is 0 Å². The van der Waals surface area contributed by atoms with Crippen LogP contribution in [-0.2, 0) is 20.5 Å². The molecule has 10 nitrogen and oxygen atoms in total. The maximum atomic E-state index is 11.4. The van der Waals surface area contributed by atoms with Gasteiger partial charge in [-0.25, -0.2) is 15.3 Å². The molecule has 0 bridgehead atoms. The number of rotatable bonds is 7. The van der Waals surface area contributed by atoms with Crippen molar-refractivity contribution in [3.63, 3.8) is 0 Å². The van der Waals surface area contributed by atoms with E-state index in [0.717, 1.165) is 10.6 Å². The Kier molecular flexibility index (Phi) is 5.60. The van der Waals surface area contributed by atoms with Crippen LogP contribution in [0, 0.1) is 0 Å². The SMILES string of the molecule is NOP(=O)(O)COC(CO)Cn1ccc(=O)[nH]c1=O. The molecule has 1 heterocycles. The van der Waals surface area contributed by atoms with Crippen molar-refractivity contribution in [3.8, 4) is 0 Å². The highest BCUT2D eigenvalue weighted by Gasteiger charge is 2.21. The van der Waals surface area contributed by atoms with Gasteiger partial charge in [0.2, 0.25) is 0 Å². The normalized spacial score (nSPS) is 15.9. The number of aromatic amines is 1. The second-order valence-corrected chi connectivity index (χ2v) is 5.35. The number of nitrogens with zero attached hydrogens (tertiary/aromatic N) is 1. The standard InChI is InChI=1S/C8H14N3O7P/c9-18-19(15,16)5-17-6(4-12)3-11-2-1-7(13)10-8(11)14/h1-2,6,12H,3-5,9H2,(H,15,16)(H,10,13,14). The molecule has 0 saturated heterocycles. The third kappa shape index (κ3) is 5.07. The molecule has 1 rings (SSSR count). The number of aliphatic hydroxyl groups is 1. The first kappa shape index (κ1) is 15.8. The van der Waals surface area contributed by atoms with Crippen molar-refractivity contribution in [3.05, 3.63) is 33.1 Å². The topological polar surface area (TPSA) is 157 Å². The smallest absolute Gasteiger partial charge is 0.369 e. The first-order valence-corrected chi connectivity index (χ1v) is 6.87. The highest BCUT2D eigenvalue weighted by Crippen LogP contribution is 2.39. The minimum atomic E-state index is -4.07. The molecule has 0 radical (unpaired) electrons. The Morgan fingerprint density at radius 1 is 1.53 bits per heavy atom. The van der Waals surface area contributed by atoms with Crippen LogP contribution in [0.1, 0.15) is 0 Å². The van der Waals surface area contributed by atoms with E-state index in [4.69, 9.17) is 14.7 Å². The summed E-state index contributed by atoms with van der Waals surface area (Å²) in [5, 5.41) is 9.05. The first-order chi connectivity index (χ1) is 8.88. The Morgan fingerprint density at radius 2 is 2.21 bits per heavy atom. The summed E-state index contributed by atoms with van der Waals surface area (Å²) < 4.78 is 20.9. The fourth-order valence-electron chi connectivity index (χ4n) is 1.20. The molecule has 0 aromatic carbocycles. The van der Waals surface area contributed by atoms with Crippen molar-refractivity contribution >= 4 is 7.60 Å². The van der Waals surface area contributed by atoms with Crippen LogP contribution in [0.15, 0.2) is 21.9 Å². The average molecular weight is 295 g/mol. The molecule has 0 saturated carbocycles. The maximum absolute atomic E-state index is 11.4. The molecule has 1 aromatic heterocycles. The summed E-state index contributed by atoms with van der Waals surface area (Å²) in [4.78, 5) is 33.2. The lowest BCUT2D eigenvalue weighted by Gasteiger charge is -2.17. The van der Waals surface area contributed by atoms with Crippen LogP contribution in [-0.4, -0.2) is 38.6 Å². The molecule has 0 amide bonds. The van der Waals surface area contributed by atoms with Gasteiger partial charge in [0, 0.05) is 12.3 Å². The van der Waals surface area contributed by atoms with Crippen molar-refractivity contribution in [2.75, 3.05) is 13.0 Å². The Balaban J connectivity index is 2.69. The highest BCUT2D eigenvalue weighted by atomic mass is 31.2. The summed E-state index contributed by atoms with van der Waals surface area (Å²) in [7, 11) is -4.07. The van der Waals surface area contributed by atoms with Gasteiger partial charge in [0.15, 0.2) is 6.35 Å². The van der Waals surface area contributed by atoms with Gasteiger partial charge in [-0.05, 0) is 0 Å². The molecule has 108 valence electrons. The van der Waals surface area contributed by atoms with Crippen molar-refractivity contribution in [2.45, 2.75) is 12.6 Å². The van der Waals surface area contributed by atoms with Crippen LogP contribution in [0.2, 0.25) is 0 Å². The van der Waals surface area contributed by atoms with Crippen LogP contribution in [0.4, 0.5) is 0 Å². The Labute approximate surface area is 106 Å². The van der Waals surface area contributed by atoms with Gasteiger partial charge in [-0.1, -0.05) is 0 Å². The number of nitrogens with two attached hydrogens (primary N) is 1. The molecule has 1 aromatic rings. The molecule has 0 spiro atoms. The summed E-state index contributed by atoms with van der Waals surface area (Å²) in [6.45, 7) is -0.618. The van der Waals surface area contributed by atoms with Crippen molar-refractivity contribution < 1.29 is 23.9 Å². The molecule has 0 aliphatic carbocycles. The zero-order valence-electron chi connectivity index (χ0n) is 9.76. The van der Waals surface area contributed by atoms with Gasteiger partial charge in [-0.15, -0.1) is 0 Å². The van der Waals surface area contributed by atoms with Crippen LogP contribution in [0.3, 0.4) is 0 Å². The van der Waals surface area contributed by atoms with Crippen molar-refractivity contribution in [2.24, 2.45) is 5.90 Å². The molecular weight excluding hydrogens is 281 g/mol. The minimum absolute atomic E-state index is 0.114. The third-order valence-electron chi connectivity index (χ3n) is 2.14. The molecule has 0 fully saturated rings. The molecule has 0 aliphatic rings. The second kappa shape index (κ2) is 6.75. The van der Waals surface area contributed by atoms with E-state index in [9.17, 15) is 14.2 Å². The van der Waals surface area contributed by atoms with Crippen molar-refractivity contribution in [1.82, 2.24) is 9.55 Å². The van der Waals surface area contributed by atoms with Gasteiger partial charge >= 0.3 is 13.3 Å². The maximum Gasteiger partial charge on any atom is 0.369 e. The zero-order valence-corrected chi connectivity index (χ0v) is 10.7. The number of ether oxygens (including phenoxy) is 1. The molecule has 0 aliphatic heterocycles. The lowest BCUT2D eigenvalue weighted by atomic mass is 10.3. The van der Waals surface area contributed by atoms with Gasteiger partial charge in [-0.3, -0.25) is 18.9 Å². The van der Waals surface area contributed by atoms with Gasteiger partial charge < -0.3 is 14.7 Å². The summed E-state index contributed by atoms with van der Waals surface area (Å²) in [6, 6.07) is 1.12. The molecule has 19 heavy (non-hydrogen) atoms. The van der Waals surface area contributed by atoms with E-state index in [1.54, 1.807) is 0 Å². The Hall–Kier alpha value is -1.29. The van der Waals surface area contributed by atoms with Crippen LogP contribution >= 0.6 is 7.60 Å². The zero-order chi connectivity index (χ0) is 14.5. The van der Waals surface area contributed by atoms with Crippen LogP contribution in [0.25, 0.3) is 0 Å². The van der Waals surface area contributed by atoms with Crippen LogP contribution < -0.4 is 17.1 Å². The number of hydrogen-bond acceptors (Lipinski definition) is 7. The Morgan fingerprint density at radius 3 is 2.74 bits per heavy atom. The summed E-state index contributed by atoms with van der Waals surface area (Å²) in [5.41, 5.74) is -1.24. The second-order valence-electron chi connectivity index (χ2n) is 3.61. The monoisotopic (exact) mass is 295 g/mol. The molecule has 5 N–H and O–H groups in total. The minimum Gasteiger partial charge on any atom is -0.394 e. The number of hydrogen-bond donors (Lipinski definition) is 4. The van der Waals surface area contributed by atoms with E-state index in [0.29, 0.717) is 0 Å². The fourth-order valence-corrected chi connectivity index (χ4v) is 1.66. The number of nitrogens with one attached hydrogen (secondary N) is 1. The lowest BCUT2D eigenvalue weighted by molar-refractivity contribution is 0.0167. The first-order valence-electron chi connectivity index (χ1n) is 5.10. The number of aliphatic hydroxyl groups excluding tert-OH is 1.